The molecule has 0 bridgehead atoms. The van der Waals surface area contributed by atoms with E-state index in [0.29, 0.717) is 5.92 Å². The Bertz CT molecular complexity index is 611. The molecule has 3 atom stereocenters. The molecule has 3 nitrogen and oxygen atoms in total. The number of rotatable bonds is 8. The SMILES string of the molecule is CC(O)CC(CNCc1ccc(S(C)=O)cc1)c1ccccc1. The predicted octanol–water partition coefficient (Wildman–Crippen LogP) is 3.07. The van der Waals surface area contributed by atoms with Gasteiger partial charge in [0, 0.05) is 35.0 Å². The van der Waals surface area contributed by atoms with Gasteiger partial charge in [0.25, 0.3) is 0 Å². The van der Waals surface area contributed by atoms with Crippen molar-refractivity contribution in [3.8, 4) is 0 Å². The minimum absolute atomic E-state index is 0.290. The molecular formula is C19H25NO2S. The van der Waals surface area contributed by atoms with Crippen molar-refractivity contribution < 1.29 is 9.32 Å². The van der Waals surface area contributed by atoms with E-state index in [1.165, 1.54) is 11.1 Å². The third-order valence-electron chi connectivity index (χ3n) is 3.87. The van der Waals surface area contributed by atoms with Crippen LogP contribution in [0, 0.1) is 0 Å². The fraction of sp³-hybridized carbons (Fsp3) is 0.368. The average molecular weight is 331 g/mol. The van der Waals surface area contributed by atoms with Gasteiger partial charge < -0.3 is 10.4 Å². The van der Waals surface area contributed by atoms with Gasteiger partial charge in [-0.15, -0.1) is 0 Å². The summed E-state index contributed by atoms with van der Waals surface area (Å²) in [5.74, 6) is 0.290. The first-order valence-corrected chi connectivity index (χ1v) is 9.48. The molecule has 23 heavy (non-hydrogen) atoms. The normalized spacial score (nSPS) is 15.1. The van der Waals surface area contributed by atoms with Gasteiger partial charge in [0.2, 0.25) is 0 Å². The number of hydrogen-bond donors (Lipinski definition) is 2. The van der Waals surface area contributed by atoms with Gasteiger partial charge in [0.15, 0.2) is 0 Å². The van der Waals surface area contributed by atoms with Gasteiger partial charge in [-0.3, -0.25) is 4.21 Å². The maximum atomic E-state index is 11.4. The lowest BCUT2D eigenvalue weighted by atomic mass is 9.93. The van der Waals surface area contributed by atoms with Crippen molar-refractivity contribution in [2.45, 2.75) is 36.8 Å². The van der Waals surface area contributed by atoms with Crippen LogP contribution in [0.1, 0.15) is 30.4 Å². The van der Waals surface area contributed by atoms with Crippen molar-refractivity contribution in [3.05, 3.63) is 65.7 Å². The first-order chi connectivity index (χ1) is 11.1. The summed E-state index contributed by atoms with van der Waals surface area (Å²) in [5, 5.41) is 13.2. The molecular weight excluding hydrogens is 306 g/mol. The molecule has 0 saturated heterocycles. The standard InChI is InChI=1S/C19H25NO2S/c1-15(21)12-18(17-6-4-3-5-7-17)14-20-13-16-8-10-19(11-9-16)23(2)22/h3-11,15,18,20-21H,12-14H2,1-2H3. The van der Waals surface area contributed by atoms with Crippen LogP contribution < -0.4 is 5.32 Å². The third-order valence-corrected chi connectivity index (χ3v) is 4.81. The van der Waals surface area contributed by atoms with Gasteiger partial charge in [-0.1, -0.05) is 42.5 Å². The molecule has 0 radical (unpaired) electrons. The number of hydrogen-bond acceptors (Lipinski definition) is 3. The van der Waals surface area contributed by atoms with Crippen LogP contribution in [-0.2, 0) is 17.3 Å². The van der Waals surface area contributed by atoms with Crippen molar-refractivity contribution in [2.24, 2.45) is 0 Å². The van der Waals surface area contributed by atoms with Crippen molar-refractivity contribution in [3.63, 3.8) is 0 Å². The van der Waals surface area contributed by atoms with Gasteiger partial charge >= 0.3 is 0 Å². The van der Waals surface area contributed by atoms with E-state index in [1.54, 1.807) is 6.26 Å². The molecule has 0 aromatic heterocycles. The average Bonchev–Trinajstić information content (AvgIpc) is 2.55. The van der Waals surface area contributed by atoms with Crippen LogP contribution in [0.3, 0.4) is 0 Å². The Labute approximate surface area is 141 Å². The minimum atomic E-state index is -0.930. The summed E-state index contributed by atoms with van der Waals surface area (Å²) in [7, 11) is -0.930. The van der Waals surface area contributed by atoms with Crippen LogP contribution in [-0.4, -0.2) is 28.2 Å². The van der Waals surface area contributed by atoms with Gasteiger partial charge in [-0.2, -0.15) is 0 Å². The first-order valence-electron chi connectivity index (χ1n) is 7.92. The molecule has 0 aliphatic heterocycles. The summed E-state index contributed by atoms with van der Waals surface area (Å²) in [6, 6.07) is 18.2. The highest BCUT2D eigenvalue weighted by atomic mass is 32.2. The lowest BCUT2D eigenvalue weighted by Gasteiger charge is -2.20. The van der Waals surface area contributed by atoms with Crippen LogP contribution in [0.15, 0.2) is 59.5 Å². The fourth-order valence-corrected chi connectivity index (χ4v) is 3.18. The van der Waals surface area contributed by atoms with Crippen LogP contribution in [0.5, 0.6) is 0 Å². The van der Waals surface area contributed by atoms with Crippen LogP contribution in [0.2, 0.25) is 0 Å². The summed E-state index contributed by atoms with van der Waals surface area (Å²) in [6.07, 6.45) is 2.11. The van der Waals surface area contributed by atoms with E-state index in [1.807, 2.05) is 49.4 Å². The number of aliphatic hydroxyl groups excluding tert-OH is 1. The largest absolute Gasteiger partial charge is 0.393 e. The quantitative estimate of drug-likeness (QED) is 0.781. The van der Waals surface area contributed by atoms with Crippen molar-refractivity contribution >= 4 is 10.8 Å². The number of aliphatic hydroxyl groups is 1. The lowest BCUT2D eigenvalue weighted by molar-refractivity contribution is 0.173. The minimum Gasteiger partial charge on any atom is -0.393 e. The Morgan fingerprint density at radius 2 is 1.74 bits per heavy atom. The summed E-state index contributed by atoms with van der Waals surface area (Å²) >= 11 is 0. The summed E-state index contributed by atoms with van der Waals surface area (Å²) in [4.78, 5) is 0.852. The third kappa shape index (κ3) is 5.90. The molecule has 0 saturated carbocycles. The molecule has 0 heterocycles. The molecule has 0 aliphatic carbocycles. The molecule has 124 valence electrons. The van der Waals surface area contributed by atoms with Crippen molar-refractivity contribution in [1.29, 1.82) is 0 Å². The predicted molar refractivity (Wildman–Crippen MR) is 96.0 cm³/mol. The summed E-state index contributed by atoms with van der Waals surface area (Å²) < 4.78 is 11.4. The van der Waals surface area contributed by atoms with Gasteiger partial charge in [0.1, 0.15) is 0 Å². The van der Waals surface area contributed by atoms with E-state index < -0.39 is 10.8 Å². The van der Waals surface area contributed by atoms with Crippen LogP contribution >= 0.6 is 0 Å². The molecule has 3 unspecified atom stereocenters. The fourth-order valence-electron chi connectivity index (χ4n) is 2.66. The van der Waals surface area contributed by atoms with Gasteiger partial charge in [-0.25, -0.2) is 0 Å². The summed E-state index contributed by atoms with van der Waals surface area (Å²) in [5.41, 5.74) is 2.42. The smallest absolute Gasteiger partial charge is 0.0518 e. The number of nitrogens with one attached hydrogen (secondary N) is 1. The highest BCUT2D eigenvalue weighted by Crippen LogP contribution is 2.20. The zero-order chi connectivity index (χ0) is 16.7. The van der Waals surface area contributed by atoms with E-state index in [9.17, 15) is 9.32 Å². The highest BCUT2D eigenvalue weighted by molar-refractivity contribution is 7.84. The van der Waals surface area contributed by atoms with Crippen molar-refractivity contribution in [2.75, 3.05) is 12.8 Å². The van der Waals surface area contributed by atoms with Gasteiger partial charge in [0.05, 0.1) is 6.10 Å². The molecule has 0 fully saturated rings. The monoisotopic (exact) mass is 331 g/mol. The maximum Gasteiger partial charge on any atom is 0.0518 e. The first kappa shape index (κ1) is 17.9. The highest BCUT2D eigenvalue weighted by Gasteiger charge is 2.13. The second-order valence-electron chi connectivity index (χ2n) is 5.92. The van der Waals surface area contributed by atoms with Crippen LogP contribution in [0.4, 0.5) is 0 Å². The Hall–Kier alpha value is -1.49. The van der Waals surface area contributed by atoms with E-state index >= 15 is 0 Å². The molecule has 2 aromatic carbocycles. The second kappa shape index (κ2) is 8.96. The topological polar surface area (TPSA) is 49.3 Å². The molecule has 0 amide bonds. The van der Waals surface area contributed by atoms with E-state index in [-0.39, 0.29) is 6.10 Å². The molecule has 2 rings (SSSR count). The molecule has 0 aliphatic rings. The van der Waals surface area contributed by atoms with E-state index in [0.717, 1.165) is 24.4 Å². The molecule has 4 heteroatoms. The van der Waals surface area contributed by atoms with E-state index in [2.05, 4.69) is 17.4 Å². The Morgan fingerprint density at radius 3 is 2.30 bits per heavy atom. The molecule has 0 spiro atoms. The second-order valence-corrected chi connectivity index (χ2v) is 7.30. The Balaban J connectivity index is 1.92. The maximum absolute atomic E-state index is 11.4. The van der Waals surface area contributed by atoms with Crippen LogP contribution in [0.25, 0.3) is 0 Å². The Morgan fingerprint density at radius 1 is 1.09 bits per heavy atom. The zero-order valence-electron chi connectivity index (χ0n) is 13.7. The van der Waals surface area contributed by atoms with Crippen molar-refractivity contribution in [1.82, 2.24) is 5.32 Å². The summed E-state index contributed by atoms with van der Waals surface area (Å²) in [6.45, 7) is 3.41. The Kier molecular flexibility index (Phi) is 6.96. The van der Waals surface area contributed by atoms with Gasteiger partial charge in [-0.05, 0) is 42.5 Å². The number of benzene rings is 2. The zero-order valence-corrected chi connectivity index (χ0v) is 14.6. The lowest BCUT2D eigenvalue weighted by Crippen LogP contribution is -2.23. The van der Waals surface area contributed by atoms with E-state index in [4.69, 9.17) is 0 Å². The molecule has 2 aromatic rings. The molecule has 2 N–H and O–H groups in total.